The Morgan fingerprint density at radius 3 is 1.81 bits per heavy atom. The van der Waals surface area contributed by atoms with Gasteiger partial charge >= 0.3 is 0 Å². The Bertz CT molecular complexity index is 987. The maximum atomic E-state index is 13.4. The van der Waals surface area contributed by atoms with Crippen LogP contribution in [0.2, 0.25) is 10.0 Å². The molecule has 6 heteroatoms. The van der Waals surface area contributed by atoms with E-state index in [2.05, 4.69) is 27.7 Å². The molecule has 0 unspecified atom stereocenters. The predicted octanol–water partition coefficient (Wildman–Crippen LogP) is 7.18. The molecule has 4 rings (SSSR count). The van der Waals surface area contributed by atoms with Crippen LogP contribution in [0, 0.1) is 10.8 Å². The molecule has 0 saturated heterocycles. The molecular weight excluding hydrogens is 447 g/mol. The van der Waals surface area contributed by atoms with Crippen LogP contribution in [0.3, 0.4) is 0 Å². The summed E-state index contributed by atoms with van der Waals surface area (Å²) in [6.45, 7) is 10.8. The van der Waals surface area contributed by atoms with Crippen LogP contribution in [-0.2, 0) is 14.3 Å². The van der Waals surface area contributed by atoms with E-state index in [9.17, 15) is 9.59 Å². The zero-order valence-corrected chi connectivity index (χ0v) is 20.9. The molecule has 1 aromatic rings. The first-order valence-electron chi connectivity index (χ1n) is 11.2. The summed E-state index contributed by atoms with van der Waals surface area (Å²) < 4.78 is 12.0. The number of benzene rings is 1. The normalized spacial score (nSPS) is 22.5. The van der Waals surface area contributed by atoms with Gasteiger partial charge in [0.05, 0.1) is 16.7 Å². The second kappa shape index (κ2) is 8.22. The highest BCUT2D eigenvalue weighted by Gasteiger charge is 2.48. The number of carbonyl (C=O) groups is 2. The van der Waals surface area contributed by atoms with Gasteiger partial charge in [-0.05, 0) is 34.9 Å². The number of halogens is 2. The van der Waals surface area contributed by atoms with E-state index in [1.165, 1.54) is 0 Å². The van der Waals surface area contributed by atoms with Gasteiger partial charge < -0.3 is 9.47 Å². The molecule has 4 nitrogen and oxygen atoms in total. The highest BCUT2D eigenvalue weighted by Crippen LogP contribution is 2.54. The SMILES string of the molecule is CCCOc1c(Cl)cc(C2C3=C(CC(C)(C)CC3=O)OC3=C2C(=O)CC(C)(C)C3)cc1Cl. The van der Waals surface area contributed by atoms with Gasteiger partial charge in [-0.1, -0.05) is 57.8 Å². The topological polar surface area (TPSA) is 52.6 Å². The Hall–Kier alpha value is -1.78. The standard InChI is InChI=1S/C26H30Cl2O4/c1-6-7-31-24-15(27)8-14(9-16(24)28)21-22-17(29)10-25(2,3)12-19(22)32-20-13-26(4,5)11-18(30)23(20)21/h8-9,21H,6-7,10-13H2,1-5H3. The molecule has 1 heterocycles. The van der Waals surface area contributed by atoms with Crippen molar-refractivity contribution in [3.8, 4) is 5.75 Å². The minimum atomic E-state index is -0.517. The van der Waals surface area contributed by atoms with Gasteiger partial charge in [0.15, 0.2) is 17.3 Å². The van der Waals surface area contributed by atoms with Gasteiger partial charge in [0, 0.05) is 42.7 Å². The second-order valence-electron chi connectivity index (χ2n) is 10.8. The Balaban J connectivity index is 1.89. The second-order valence-corrected chi connectivity index (χ2v) is 11.6. The molecule has 0 aromatic heterocycles. The van der Waals surface area contributed by atoms with Gasteiger partial charge in [-0.25, -0.2) is 0 Å². The Kier molecular flexibility index (Phi) is 6.00. The van der Waals surface area contributed by atoms with Gasteiger partial charge in [0.2, 0.25) is 0 Å². The largest absolute Gasteiger partial charge is 0.490 e. The first-order valence-corrected chi connectivity index (χ1v) is 12.0. The molecule has 3 aliphatic rings. The number of ketones is 2. The van der Waals surface area contributed by atoms with Crippen molar-refractivity contribution in [2.24, 2.45) is 10.8 Å². The van der Waals surface area contributed by atoms with Gasteiger partial charge in [-0.15, -0.1) is 0 Å². The smallest absolute Gasteiger partial charge is 0.163 e. The summed E-state index contributed by atoms with van der Waals surface area (Å²) in [5, 5.41) is 0.757. The summed E-state index contributed by atoms with van der Waals surface area (Å²) in [5.74, 6) is 1.31. The fourth-order valence-corrected chi connectivity index (χ4v) is 5.71. The Morgan fingerprint density at radius 1 is 0.906 bits per heavy atom. The molecule has 0 saturated carbocycles. The number of allylic oxidation sites excluding steroid dienone is 4. The molecule has 0 fully saturated rings. The van der Waals surface area contributed by atoms with E-state index in [1.54, 1.807) is 12.1 Å². The van der Waals surface area contributed by atoms with Crippen molar-refractivity contribution in [3.05, 3.63) is 50.4 Å². The van der Waals surface area contributed by atoms with Crippen LogP contribution in [0.1, 0.15) is 78.2 Å². The van der Waals surface area contributed by atoms with Crippen molar-refractivity contribution in [2.45, 2.75) is 72.6 Å². The van der Waals surface area contributed by atoms with Gasteiger partial charge in [-0.3, -0.25) is 9.59 Å². The molecule has 172 valence electrons. The van der Waals surface area contributed by atoms with Crippen LogP contribution in [0.15, 0.2) is 34.8 Å². The van der Waals surface area contributed by atoms with Crippen LogP contribution in [0.4, 0.5) is 0 Å². The number of hydrogen-bond donors (Lipinski definition) is 0. The lowest BCUT2D eigenvalue weighted by Crippen LogP contribution is -2.37. The number of Topliss-reactive ketones (excluding diaryl/α,β-unsaturated/α-hetero) is 2. The van der Waals surface area contributed by atoms with Crippen LogP contribution in [0.25, 0.3) is 0 Å². The first-order chi connectivity index (χ1) is 14.9. The van der Waals surface area contributed by atoms with E-state index in [-0.39, 0.29) is 22.4 Å². The van der Waals surface area contributed by atoms with Crippen LogP contribution in [-0.4, -0.2) is 18.2 Å². The highest BCUT2D eigenvalue weighted by atomic mass is 35.5. The molecule has 0 amide bonds. The molecule has 1 aliphatic heterocycles. The first kappa shape index (κ1) is 23.4. The summed E-state index contributed by atoms with van der Waals surface area (Å²) >= 11 is 13.1. The van der Waals surface area contributed by atoms with Crippen molar-refractivity contribution in [1.82, 2.24) is 0 Å². The van der Waals surface area contributed by atoms with Gasteiger partial charge in [0.1, 0.15) is 11.5 Å². The zero-order chi connectivity index (χ0) is 23.4. The molecule has 32 heavy (non-hydrogen) atoms. The molecule has 0 atom stereocenters. The summed E-state index contributed by atoms with van der Waals surface area (Å²) in [7, 11) is 0. The predicted molar refractivity (Wildman–Crippen MR) is 126 cm³/mol. The highest BCUT2D eigenvalue weighted by molar-refractivity contribution is 6.37. The molecule has 0 radical (unpaired) electrons. The number of carbonyl (C=O) groups excluding carboxylic acids is 2. The lowest BCUT2D eigenvalue weighted by atomic mass is 9.65. The third-order valence-corrected chi connectivity index (χ3v) is 6.95. The lowest BCUT2D eigenvalue weighted by molar-refractivity contribution is -0.120. The van der Waals surface area contributed by atoms with Gasteiger partial charge in [0.25, 0.3) is 0 Å². The van der Waals surface area contributed by atoms with Gasteiger partial charge in [-0.2, -0.15) is 0 Å². The van der Waals surface area contributed by atoms with Crippen molar-refractivity contribution in [1.29, 1.82) is 0 Å². The van der Waals surface area contributed by atoms with Crippen LogP contribution < -0.4 is 4.74 Å². The number of ether oxygens (including phenoxy) is 2. The fraction of sp³-hybridized carbons (Fsp3) is 0.538. The summed E-state index contributed by atoms with van der Waals surface area (Å²) in [4.78, 5) is 26.7. The quantitative estimate of drug-likeness (QED) is 0.461. The molecular formula is C26H30Cl2O4. The Morgan fingerprint density at radius 2 is 1.38 bits per heavy atom. The van der Waals surface area contributed by atoms with E-state index < -0.39 is 5.92 Å². The molecule has 0 N–H and O–H groups in total. The van der Waals surface area contributed by atoms with Crippen LogP contribution >= 0.6 is 23.2 Å². The van der Waals surface area contributed by atoms with E-state index >= 15 is 0 Å². The summed E-state index contributed by atoms with van der Waals surface area (Å²) in [6, 6.07) is 3.56. The van der Waals surface area contributed by atoms with E-state index in [1.807, 2.05) is 6.92 Å². The minimum Gasteiger partial charge on any atom is -0.490 e. The van der Waals surface area contributed by atoms with Crippen LogP contribution in [0.5, 0.6) is 5.75 Å². The fourth-order valence-electron chi connectivity index (χ4n) is 5.10. The third-order valence-electron chi connectivity index (χ3n) is 6.39. The van der Waals surface area contributed by atoms with E-state index in [0.29, 0.717) is 70.7 Å². The minimum absolute atomic E-state index is 0.0176. The molecule has 0 bridgehead atoms. The van der Waals surface area contributed by atoms with Crippen molar-refractivity contribution < 1.29 is 19.1 Å². The summed E-state index contributed by atoms with van der Waals surface area (Å²) in [6.07, 6.45) is 2.94. The molecule has 0 spiro atoms. The molecule has 2 aliphatic carbocycles. The average molecular weight is 477 g/mol. The van der Waals surface area contributed by atoms with E-state index in [4.69, 9.17) is 32.7 Å². The van der Waals surface area contributed by atoms with Crippen molar-refractivity contribution in [3.63, 3.8) is 0 Å². The maximum Gasteiger partial charge on any atom is 0.163 e. The Labute approximate surface area is 199 Å². The maximum absolute atomic E-state index is 13.4. The lowest BCUT2D eigenvalue weighted by Gasteiger charge is -2.42. The average Bonchev–Trinajstić information content (AvgIpc) is 2.63. The third kappa shape index (κ3) is 4.24. The monoisotopic (exact) mass is 476 g/mol. The summed E-state index contributed by atoms with van der Waals surface area (Å²) in [5.41, 5.74) is 1.49. The van der Waals surface area contributed by atoms with Crippen molar-refractivity contribution in [2.75, 3.05) is 6.61 Å². The van der Waals surface area contributed by atoms with E-state index in [0.717, 1.165) is 12.0 Å². The number of rotatable bonds is 4. The van der Waals surface area contributed by atoms with Crippen molar-refractivity contribution >= 4 is 34.8 Å². The zero-order valence-electron chi connectivity index (χ0n) is 19.4. The molecule has 1 aromatic carbocycles. The number of hydrogen-bond acceptors (Lipinski definition) is 4.